The molecule has 0 atom stereocenters. The van der Waals surface area contributed by atoms with Crippen molar-refractivity contribution in [1.29, 1.82) is 0 Å². The van der Waals surface area contributed by atoms with Gasteiger partial charge < -0.3 is 20.1 Å². The Kier molecular flexibility index (Phi) is 5.97. The summed E-state index contributed by atoms with van der Waals surface area (Å²) in [5.74, 6) is 0.803. The number of nitrogens with one attached hydrogen (secondary N) is 1. The Bertz CT molecular complexity index is 601. The van der Waals surface area contributed by atoms with Gasteiger partial charge in [0, 0.05) is 18.6 Å². The molecular formula is C20H28N2O3. The van der Waals surface area contributed by atoms with Crippen molar-refractivity contribution in [1.82, 2.24) is 10.2 Å². The van der Waals surface area contributed by atoms with E-state index in [0.717, 1.165) is 49.8 Å². The highest BCUT2D eigenvalue weighted by molar-refractivity contribution is 5.75. The number of hydrogen-bond donors (Lipinski definition) is 2. The fraction of sp³-hybridized carbons (Fsp3) is 0.550. The van der Waals surface area contributed by atoms with Gasteiger partial charge in [-0.2, -0.15) is 0 Å². The number of methoxy groups -OCH3 is 1. The van der Waals surface area contributed by atoms with Crippen LogP contribution in [-0.2, 0) is 6.54 Å². The maximum atomic E-state index is 12.9. The number of rotatable bonds is 5. The van der Waals surface area contributed by atoms with Crippen molar-refractivity contribution >= 4 is 6.03 Å². The van der Waals surface area contributed by atoms with E-state index in [-0.39, 0.29) is 24.2 Å². The van der Waals surface area contributed by atoms with Crippen LogP contribution in [0.15, 0.2) is 36.4 Å². The standard InChI is InChI=1S/C20H28N2O3/c1-25-19-8-4-5-15(13-19)14-22(17-9-11-18(23)12-10-17)20(24)21-16-6-2-3-7-16/h2-5,8,13,16-18,23H,6-7,9-12,14H2,1H3,(H,21,24). The third-order valence-corrected chi connectivity index (χ3v) is 5.19. The Morgan fingerprint density at radius 3 is 2.64 bits per heavy atom. The molecule has 5 nitrogen and oxygen atoms in total. The molecule has 2 N–H and O–H groups in total. The number of aliphatic hydroxyl groups is 1. The quantitative estimate of drug-likeness (QED) is 0.806. The van der Waals surface area contributed by atoms with Gasteiger partial charge in [-0.1, -0.05) is 24.3 Å². The van der Waals surface area contributed by atoms with Gasteiger partial charge in [-0.15, -0.1) is 0 Å². The van der Waals surface area contributed by atoms with Crippen LogP contribution >= 0.6 is 0 Å². The molecule has 0 unspecified atom stereocenters. The maximum Gasteiger partial charge on any atom is 0.318 e. The first-order valence-corrected chi connectivity index (χ1v) is 9.19. The average Bonchev–Trinajstić information content (AvgIpc) is 3.13. The van der Waals surface area contributed by atoms with Crippen molar-refractivity contribution in [2.75, 3.05) is 7.11 Å². The van der Waals surface area contributed by atoms with Crippen LogP contribution in [0.1, 0.15) is 44.1 Å². The Hall–Kier alpha value is -2.01. The van der Waals surface area contributed by atoms with E-state index in [1.165, 1.54) is 0 Å². The van der Waals surface area contributed by atoms with Crippen LogP contribution in [0, 0.1) is 0 Å². The second-order valence-corrected chi connectivity index (χ2v) is 7.03. The van der Waals surface area contributed by atoms with E-state index < -0.39 is 0 Å². The fourth-order valence-corrected chi connectivity index (χ4v) is 3.70. The SMILES string of the molecule is COc1cccc(CN(C(=O)NC2CC=CC2)C2CCC(O)CC2)c1. The third kappa shape index (κ3) is 4.75. The molecule has 0 aliphatic heterocycles. The molecule has 2 aliphatic rings. The van der Waals surface area contributed by atoms with Crippen LogP contribution in [-0.4, -0.2) is 41.3 Å². The van der Waals surface area contributed by atoms with Gasteiger partial charge in [0.25, 0.3) is 0 Å². The van der Waals surface area contributed by atoms with Crippen molar-refractivity contribution in [2.45, 2.75) is 63.3 Å². The number of hydrogen-bond acceptors (Lipinski definition) is 3. The number of benzene rings is 1. The summed E-state index contributed by atoms with van der Waals surface area (Å²) >= 11 is 0. The van der Waals surface area contributed by atoms with Gasteiger partial charge in [0.1, 0.15) is 5.75 Å². The summed E-state index contributed by atoms with van der Waals surface area (Å²) in [6, 6.07) is 8.24. The van der Waals surface area contributed by atoms with E-state index in [4.69, 9.17) is 4.74 Å². The molecule has 0 radical (unpaired) electrons. The second kappa shape index (κ2) is 8.39. The summed E-state index contributed by atoms with van der Waals surface area (Å²) < 4.78 is 5.30. The molecule has 0 heterocycles. The number of ether oxygens (including phenoxy) is 1. The molecular weight excluding hydrogens is 316 g/mol. The molecule has 2 aliphatic carbocycles. The van der Waals surface area contributed by atoms with Gasteiger partial charge in [-0.25, -0.2) is 4.79 Å². The van der Waals surface area contributed by atoms with E-state index in [1.54, 1.807) is 7.11 Å². The number of aliphatic hydroxyl groups excluding tert-OH is 1. The summed E-state index contributed by atoms with van der Waals surface area (Å²) in [4.78, 5) is 14.9. The van der Waals surface area contributed by atoms with E-state index in [9.17, 15) is 9.90 Å². The molecule has 25 heavy (non-hydrogen) atoms. The minimum absolute atomic E-state index is 0.00194. The number of urea groups is 1. The number of carbonyl (C=O) groups excluding carboxylic acids is 1. The zero-order chi connectivity index (χ0) is 17.6. The molecule has 0 bridgehead atoms. The van der Waals surface area contributed by atoms with Crippen LogP contribution in [0.3, 0.4) is 0 Å². The Labute approximate surface area is 149 Å². The Morgan fingerprint density at radius 2 is 1.96 bits per heavy atom. The third-order valence-electron chi connectivity index (χ3n) is 5.19. The fourth-order valence-electron chi connectivity index (χ4n) is 3.70. The van der Waals surface area contributed by atoms with Crippen LogP contribution in [0.5, 0.6) is 5.75 Å². The molecule has 3 rings (SSSR count). The molecule has 0 spiro atoms. The van der Waals surface area contributed by atoms with E-state index in [0.29, 0.717) is 6.54 Å². The summed E-state index contributed by atoms with van der Waals surface area (Å²) in [5, 5.41) is 13.0. The summed E-state index contributed by atoms with van der Waals surface area (Å²) in [5.41, 5.74) is 1.06. The highest BCUT2D eigenvalue weighted by atomic mass is 16.5. The van der Waals surface area contributed by atoms with Gasteiger partial charge in [-0.3, -0.25) is 0 Å². The van der Waals surface area contributed by atoms with Gasteiger partial charge in [0.15, 0.2) is 0 Å². The summed E-state index contributed by atoms with van der Waals surface area (Å²) in [7, 11) is 1.65. The topological polar surface area (TPSA) is 61.8 Å². The second-order valence-electron chi connectivity index (χ2n) is 7.03. The molecule has 136 valence electrons. The minimum atomic E-state index is -0.225. The zero-order valence-corrected chi connectivity index (χ0v) is 14.9. The normalized spacial score (nSPS) is 23.4. The zero-order valence-electron chi connectivity index (χ0n) is 14.9. The first-order chi connectivity index (χ1) is 12.2. The number of amides is 2. The average molecular weight is 344 g/mol. The minimum Gasteiger partial charge on any atom is -0.497 e. The van der Waals surface area contributed by atoms with Gasteiger partial charge in [0.05, 0.1) is 13.2 Å². The van der Waals surface area contributed by atoms with Crippen LogP contribution in [0.4, 0.5) is 4.79 Å². The molecule has 0 saturated heterocycles. The molecule has 1 aromatic carbocycles. The lowest BCUT2D eigenvalue weighted by molar-refractivity contribution is 0.0811. The van der Waals surface area contributed by atoms with Crippen molar-refractivity contribution in [3.8, 4) is 5.75 Å². The molecule has 1 aromatic rings. The first kappa shape index (κ1) is 17.8. The molecule has 1 saturated carbocycles. The van der Waals surface area contributed by atoms with Crippen molar-refractivity contribution < 1.29 is 14.6 Å². The summed E-state index contributed by atoms with van der Waals surface area (Å²) in [6.07, 6.45) is 9.04. The monoisotopic (exact) mass is 344 g/mol. The highest BCUT2D eigenvalue weighted by Crippen LogP contribution is 2.26. The maximum absolute atomic E-state index is 12.9. The van der Waals surface area contributed by atoms with Crippen LogP contribution in [0.2, 0.25) is 0 Å². The Balaban J connectivity index is 1.71. The van der Waals surface area contributed by atoms with Crippen molar-refractivity contribution in [2.24, 2.45) is 0 Å². The van der Waals surface area contributed by atoms with Gasteiger partial charge in [0.2, 0.25) is 0 Å². The Morgan fingerprint density at radius 1 is 1.24 bits per heavy atom. The predicted octanol–water partition coefficient (Wildman–Crippen LogP) is 3.23. The lowest BCUT2D eigenvalue weighted by Crippen LogP contribution is -2.49. The number of nitrogens with zero attached hydrogens (tertiary/aromatic N) is 1. The first-order valence-electron chi connectivity index (χ1n) is 9.19. The van der Waals surface area contributed by atoms with E-state index >= 15 is 0 Å². The molecule has 5 heteroatoms. The molecule has 2 amide bonds. The van der Waals surface area contributed by atoms with Crippen molar-refractivity contribution in [3.63, 3.8) is 0 Å². The van der Waals surface area contributed by atoms with Crippen LogP contribution < -0.4 is 10.1 Å². The lowest BCUT2D eigenvalue weighted by atomic mass is 9.92. The van der Waals surface area contributed by atoms with Gasteiger partial charge >= 0.3 is 6.03 Å². The predicted molar refractivity (Wildman–Crippen MR) is 97.5 cm³/mol. The number of carbonyl (C=O) groups is 1. The highest BCUT2D eigenvalue weighted by Gasteiger charge is 2.29. The smallest absolute Gasteiger partial charge is 0.318 e. The van der Waals surface area contributed by atoms with Crippen LogP contribution in [0.25, 0.3) is 0 Å². The molecule has 1 fully saturated rings. The van der Waals surface area contributed by atoms with E-state index in [1.807, 2.05) is 29.2 Å². The van der Waals surface area contributed by atoms with E-state index in [2.05, 4.69) is 17.5 Å². The van der Waals surface area contributed by atoms with Gasteiger partial charge in [-0.05, 0) is 56.2 Å². The van der Waals surface area contributed by atoms with Crippen molar-refractivity contribution in [3.05, 3.63) is 42.0 Å². The lowest BCUT2D eigenvalue weighted by Gasteiger charge is -2.36. The largest absolute Gasteiger partial charge is 0.497 e. The molecule has 0 aromatic heterocycles. The summed E-state index contributed by atoms with van der Waals surface area (Å²) in [6.45, 7) is 0.559.